The summed E-state index contributed by atoms with van der Waals surface area (Å²) in [6.45, 7) is -2.96. The summed E-state index contributed by atoms with van der Waals surface area (Å²) in [5.74, 6) is -0.684. The van der Waals surface area contributed by atoms with Crippen molar-refractivity contribution >= 4 is 29.3 Å². The number of thiophene rings is 1. The average molecular weight is 463 g/mol. The van der Waals surface area contributed by atoms with E-state index in [1.165, 1.54) is 29.5 Å². The van der Waals surface area contributed by atoms with E-state index in [1.54, 1.807) is 16.8 Å². The van der Waals surface area contributed by atoms with Crippen LogP contribution in [0.25, 0.3) is 22.3 Å². The van der Waals surface area contributed by atoms with Crippen molar-refractivity contribution in [3.8, 4) is 22.0 Å². The molecule has 5 rings (SSSR count). The van der Waals surface area contributed by atoms with Crippen molar-refractivity contribution in [2.75, 3.05) is 0 Å². The fraction of sp³-hybridized carbons (Fsp3) is 0.0417. The molecule has 0 aliphatic carbocycles. The third kappa shape index (κ3) is 4.44. The van der Waals surface area contributed by atoms with E-state index in [9.17, 15) is 13.6 Å². The molecule has 0 atom stereocenters. The lowest BCUT2D eigenvalue weighted by atomic mass is 10.2. The van der Waals surface area contributed by atoms with E-state index in [0.29, 0.717) is 16.8 Å². The van der Waals surface area contributed by atoms with E-state index in [4.69, 9.17) is 9.84 Å². The monoisotopic (exact) mass is 463 g/mol. The first-order valence-electron chi connectivity index (χ1n) is 9.83. The number of alkyl halides is 2. The van der Waals surface area contributed by atoms with Crippen LogP contribution in [0.3, 0.4) is 0 Å². The lowest BCUT2D eigenvalue weighted by molar-refractivity contribution is -0.129. The first-order valence-corrected chi connectivity index (χ1v) is 10.7. The molecule has 9 heteroatoms. The van der Waals surface area contributed by atoms with Gasteiger partial charge in [0.05, 0.1) is 10.6 Å². The van der Waals surface area contributed by atoms with Gasteiger partial charge in [0, 0.05) is 17.3 Å². The van der Waals surface area contributed by atoms with Gasteiger partial charge < -0.3 is 9.47 Å². The number of para-hydroxylation sites is 1. The van der Waals surface area contributed by atoms with Gasteiger partial charge in [0.15, 0.2) is 5.70 Å². The van der Waals surface area contributed by atoms with Crippen LogP contribution in [0.4, 0.5) is 8.78 Å². The van der Waals surface area contributed by atoms with E-state index in [-0.39, 0.29) is 17.3 Å². The molecular weight excluding hydrogens is 448 g/mol. The minimum Gasteiger partial charge on any atom is -0.435 e. The average Bonchev–Trinajstić information content (AvgIpc) is 3.55. The summed E-state index contributed by atoms with van der Waals surface area (Å²) in [5, 5.41) is 6.65. The molecule has 0 saturated heterocycles. The van der Waals surface area contributed by atoms with E-state index >= 15 is 0 Å². The Hall–Kier alpha value is -4.11. The number of ether oxygens (including phenoxy) is 2. The van der Waals surface area contributed by atoms with E-state index in [2.05, 4.69) is 9.73 Å². The van der Waals surface area contributed by atoms with Gasteiger partial charge in [-0.15, -0.1) is 11.3 Å². The lowest BCUT2D eigenvalue weighted by Gasteiger charge is -2.05. The molecule has 0 bridgehead atoms. The summed E-state index contributed by atoms with van der Waals surface area (Å²) >= 11 is 1.53. The zero-order chi connectivity index (χ0) is 22.8. The zero-order valence-corrected chi connectivity index (χ0v) is 17.7. The first kappa shape index (κ1) is 20.8. The molecule has 33 heavy (non-hydrogen) atoms. The highest BCUT2D eigenvalue weighted by Crippen LogP contribution is 2.30. The normalized spacial score (nSPS) is 14.6. The first-order chi connectivity index (χ1) is 16.1. The second-order valence-corrected chi connectivity index (χ2v) is 7.88. The molecule has 3 heterocycles. The lowest BCUT2D eigenvalue weighted by Crippen LogP contribution is -2.07. The van der Waals surface area contributed by atoms with Crippen molar-refractivity contribution in [2.45, 2.75) is 6.61 Å². The number of esters is 1. The Morgan fingerprint density at radius 2 is 1.91 bits per heavy atom. The van der Waals surface area contributed by atoms with Crippen molar-refractivity contribution in [1.82, 2.24) is 9.78 Å². The highest BCUT2D eigenvalue weighted by molar-refractivity contribution is 7.13. The van der Waals surface area contributed by atoms with Crippen LogP contribution in [0.5, 0.6) is 5.75 Å². The molecule has 2 aromatic carbocycles. The summed E-state index contributed by atoms with van der Waals surface area (Å²) in [6, 6.07) is 19.3. The Bertz CT molecular complexity index is 1360. The van der Waals surface area contributed by atoms with Crippen LogP contribution in [-0.4, -0.2) is 28.3 Å². The maximum atomic E-state index is 12.5. The molecule has 164 valence electrons. The number of cyclic esters (lactones) is 1. The predicted molar refractivity (Wildman–Crippen MR) is 121 cm³/mol. The van der Waals surface area contributed by atoms with Crippen LogP contribution in [0.1, 0.15) is 11.1 Å². The standard InChI is InChI=1S/C24H15F2N3O3S/c25-24(26)31-18-9-4-6-15(12-18)22-27-19(23(30)32-22)13-16-14-29(17-7-2-1-3-8-17)28-21(16)20-10-5-11-33-20/h1-14,24H/b19-13+. The molecule has 2 aromatic heterocycles. The van der Waals surface area contributed by atoms with Crippen molar-refractivity contribution in [3.05, 3.63) is 95.1 Å². The maximum Gasteiger partial charge on any atom is 0.387 e. The predicted octanol–water partition coefficient (Wildman–Crippen LogP) is 5.55. The van der Waals surface area contributed by atoms with E-state index in [1.807, 2.05) is 54.0 Å². The van der Waals surface area contributed by atoms with Gasteiger partial charge in [0.2, 0.25) is 5.90 Å². The Labute approximate surface area is 191 Å². The number of hydrogen-bond acceptors (Lipinski definition) is 6. The summed E-state index contributed by atoms with van der Waals surface area (Å²) in [6.07, 6.45) is 3.42. The Kier molecular flexibility index (Phi) is 5.54. The van der Waals surface area contributed by atoms with Crippen LogP contribution in [0.2, 0.25) is 0 Å². The second-order valence-electron chi connectivity index (χ2n) is 6.93. The fourth-order valence-electron chi connectivity index (χ4n) is 3.30. The topological polar surface area (TPSA) is 65.7 Å². The van der Waals surface area contributed by atoms with Crippen LogP contribution in [-0.2, 0) is 9.53 Å². The van der Waals surface area contributed by atoms with Crippen molar-refractivity contribution in [3.63, 3.8) is 0 Å². The molecule has 0 saturated carbocycles. The van der Waals surface area contributed by atoms with E-state index in [0.717, 1.165) is 10.6 Å². The van der Waals surface area contributed by atoms with Gasteiger partial charge in [-0.1, -0.05) is 30.3 Å². The molecule has 0 fully saturated rings. The summed E-state index contributed by atoms with van der Waals surface area (Å²) in [7, 11) is 0. The SMILES string of the molecule is O=C1OC(c2cccc(OC(F)F)c2)=N/C1=C/c1cn(-c2ccccc2)nc1-c1cccs1. The number of aliphatic imine (C=N–C) groups is 1. The van der Waals surface area contributed by atoms with Crippen LogP contribution < -0.4 is 4.74 Å². The number of benzene rings is 2. The number of rotatable bonds is 6. The number of nitrogens with zero attached hydrogens (tertiary/aromatic N) is 3. The zero-order valence-electron chi connectivity index (χ0n) is 16.9. The molecule has 4 aromatic rings. The maximum absolute atomic E-state index is 12.5. The molecule has 6 nitrogen and oxygen atoms in total. The number of hydrogen-bond donors (Lipinski definition) is 0. The Balaban J connectivity index is 1.53. The molecule has 0 spiro atoms. The smallest absolute Gasteiger partial charge is 0.387 e. The van der Waals surface area contributed by atoms with Gasteiger partial charge in [-0.05, 0) is 47.9 Å². The quantitative estimate of drug-likeness (QED) is 0.278. The van der Waals surface area contributed by atoms with Gasteiger partial charge >= 0.3 is 12.6 Å². The van der Waals surface area contributed by atoms with Gasteiger partial charge in [-0.25, -0.2) is 14.5 Å². The Morgan fingerprint density at radius 3 is 2.67 bits per heavy atom. The van der Waals surface area contributed by atoms with Crippen molar-refractivity contribution in [1.29, 1.82) is 0 Å². The van der Waals surface area contributed by atoms with Crippen LogP contribution in [0.15, 0.2) is 89.0 Å². The fourth-order valence-corrected chi connectivity index (χ4v) is 4.03. The molecule has 0 amide bonds. The summed E-state index contributed by atoms with van der Waals surface area (Å²) in [4.78, 5) is 17.7. The molecule has 1 aliphatic heterocycles. The van der Waals surface area contributed by atoms with Gasteiger partial charge in [-0.2, -0.15) is 13.9 Å². The Morgan fingerprint density at radius 1 is 1.06 bits per heavy atom. The van der Waals surface area contributed by atoms with Crippen LogP contribution in [0, 0.1) is 0 Å². The van der Waals surface area contributed by atoms with Crippen molar-refractivity contribution < 1.29 is 23.0 Å². The van der Waals surface area contributed by atoms with Gasteiger partial charge in [0.1, 0.15) is 11.4 Å². The third-order valence-electron chi connectivity index (χ3n) is 4.74. The summed E-state index contributed by atoms with van der Waals surface area (Å²) < 4.78 is 36.5. The third-order valence-corrected chi connectivity index (χ3v) is 5.61. The largest absolute Gasteiger partial charge is 0.435 e. The molecular formula is C24H15F2N3O3S. The summed E-state index contributed by atoms with van der Waals surface area (Å²) in [5.41, 5.74) is 2.69. The molecule has 0 unspecified atom stereocenters. The molecule has 0 N–H and O–H groups in total. The van der Waals surface area contributed by atoms with Gasteiger partial charge in [-0.3, -0.25) is 0 Å². The van der Waals surface area contributed by atoms with Gasteiger partial charge in [0.25, 0.3) is 0 Å². The van der Waals surface area contributed by atoms with Crippen molar-refractivity contribution in [2.24, 2.45) is 4.99 Å². The van der Waals surface area contributed by atoms with E-state index < -0.39 is 12.6 Å². The second kappa shape index (κ2) is 8.79. The number of carbonyl (C=O) groups is 1. The highest BCUT2D eigenvalue weighted by atomic mass is 32.1. The van der Waals surface area contributed by atoms with Crippen LogP contribution >= 0.6 is 11.3 Å². The highest BCUT2D eigenvalue weighted by Gasteiger charge is 2.26. The number of aromatic nitrogens is 2. The number of carbonyl (C=O) groups excluding carboxylic acids is 1. The molecule has 0 radical (unpaired) electrons. The minimum atomic E-state index is -2.96. The minimum absolute atomic E-state index is 0.0130. The molecule has 1 aliphatic rings. The number of halogens is 2.